The van der Waals surface area contributed by atoms with Crippen molar-refractivity contribution in [1.29, 1.82) is 0 Å². The average Bonchev–Trinajstić information content (AvgIpc) is 2.34. The first-order valence-corrected chi connectivity index (χ1v) is 6.09. The van der Waals surface area contributed by atoms with Gasteiger partial charge in [0, 0.05) is 18.9 Å². The molecule has 0 fully saturated rings. The fraction of sp³-hybridized carbons (Fsp3) is 0.455. The van der Waals surface area contributed by atoms with Crippen LogP contribution in [0.5, 0.6) is 0 Å². The maximum absolute atomic E-state index is 11.7. The second kappa shape index (κ2) is 6.95. The molecule has 0 spiro atoms. The largest absolute Gasteiger partial charge is 0.349 e. The van der Waals surface area contributed by atoms with Crippen LogP contribution in [-0.2, 0) is 16.1 Å². The van der Waals surface area contributed by atoms with Crippen molar-refractivity contribution in [3.8, 4) is 0 Å². The van der Waals surface area contributed by atoms with Gasteiger partial charge in [-0.25, -0.2) is 0 Å². The van der Waals surface area contributed by atoms with Crippen LogP contribution in [0.3, 0.4) is 0 Å². The van der Waals surface area contributed by atoms with Gasteiger partial charge in [0.25, 0.3) is 0 Å². The predicted octanol–water partition coefficient (Wildman–Crippen LogP) is -0.164. The summed E-state index contributed by atoms with van der Waals surface area (Å²) in [6.45, 7) is 3.47. The van der Waals surface area contributed by atoms with E-state index in [0.29, 0.717) is 5.69 Å². The molecule has 0 aliphatic heterocycles. The molecule has 0 saturated heterocycles. The van der Waals surface area contributed by atoms with Gasteiger partial charge in [-0.2, -0.15) is 12.6 Å². The van der Waals surface area contributed by atoms with Gasteiger partial charge in [-0.05, 0) is 6.92 Å². The maximum Gasteiger partial charge on any atom is 0.243 e. The van der Waals surface area contributed by atoms with E-state index in [1.165, 1.54) is 6.92 Å². The Bertz CT molecular complexity index is 422. The van der Waals surface area contributed by atoms with Gasteiger partial charge < -0.3 is 10.6 Å². The molecule has 0 radical (unpaired) electrons. The summed E-state index contributed by atoms with van der Waals surface area (Å²) in [7, 11) is 0. The topological polar surface area (TPSA) is 84.0 Å². The van der Waals surface area contributed by atoms with Crippen LogP contribution < -0.4 is 10.6 Å². The highest BCUT2D eigenvalue weighted by molar-refractivity contribution is 7.80. The lowest BCUT2D eigenvalue weighted by Crippen LogP contribution is -2.47. The van der Waals surface area contributed by atoms with Crippen molar-refractivity contribution in [2.75, 3.05) is 5.75 Å². The van der Waals surface area contributed by atoms with Crippen LogP contribution in [0.4, 0.5) is 0 Å². The minimum atomic E-state index is -0.635. The van der Waals surface area contributed by atoms with Crippen LogP contribution in [0, 0.1) is 6.92 Å². The third-order valence-electron chi connectivity index (χ3n) is 2.15. The Kier molecular flexibility index (Phi) is 5.57. The number of amides is 2. The molecule has 1 unspecified atom stereocenters. The van der Waals surface area contributed by atoms with Crippen LogP contribution >= 0.6 is 12.6 Å². The van der Waals surface area contributed by atoms with Crippen molar-refractivity contribution in [2.45, 2.75) is 26.4 Å². The van der Waals surface area contributed by atoms with E-state index in [-0.39, 0.29) is 24.1 Å². The minimum absolute atomic E-state index is 0.241. The molecule has 0 bridgehead atoms. The average molecular weight is 268 g/mol. The Morgan fingerprint density at radius 1 is 1.39 bits per heavy atom. The molecule has 0 saturated carbocycles. The minimum Gasteiger partial charge on any atom is -0.349 e. The number of aromatic nitrogens is 2. The van der Waals surface area contributed by atoms with Gasteiger partial charge in [0.2, 0.25) is 11.8 Å². The highest BCUT2D eigenvalue weighted by Crippen LogP contribution is 1.95. The quantitative estimate of drug-likeness (QED) is 0.648. The maximum atomic E-state index is 11.7. The molecular formula is C11H16N4O2S. The second-order valence-corrected chi connectivity index (χ2v) is 4.17. The van der Waals surface area contributed by atoms with Gasteiger partial charge in [0.05, 0.1) is 24.1 Å². The number of carbonyl (C=O) groups excluding carboxylic acids is 2. The molecule has 1 heterocycles. The SMILES string of the molecule is CC(=O)NC(CS)C(=O)NCc1cnc(C)cn1. The number of carbonyl (C=O) groups is 2. The monoisotopic (exact) mass is 268 g/mol. The fourth-order valence-corrected chi connectivity index (χ4v) is 1.51. The van der Waals surface area contributed by atoms with Crippen molar-refractivity contribution in [2.24, 2.45) is 0 Å². The Morgan fingerprint density at radius 3 is 2.61 bits per heavy atom. The zero-order chi connectivity index (χ0) is 13.5. The first-order chi connectivity index (χ1) is 8.52. The molecule has 0 aliphatic carbocycles. The van der Waals surface area contributed by atoms with E-state index in [0.717, 1.165) is 5.69 Å². The molecule has 0 aliphatic rings. The molecule has 1 atom stereocenters. The summed E-state index contributed by atoms with van der Waals surface area (Å²) in [6.07, 6.45) is 3.23. The summed E-state index contributed by atoms with van der Waals surface area (Å²) < 4.78 is 0. The first-order valence-electron chi connectivity index (χ1n) is 5.46. The Morgan fingerprint density at radius 2 is 2.11 bits per heavy atom. The number of rotatable bonds is 5. The molecular weight excluding hydrogens is 252 g/mol. The lowest BCUT2D eigenvalue weighted by molar-refractivity contribution is -0.127. The normalized spacial score (nSPS) is 11.7. The number of aryl methyl sites for hydroxylation is 1. The molecule has 98 valence electrons. The van der Waals surface area contributed by atoms with Gasteiger partial charge in [-0.1, -0.05) is 0 Å². The summed E-state index contributed by atoms with van der Waals surface area (Å²) in [5.41, 5.74) is 1.48. The molecule has 0 aromatic carbocycles. The standard InChI is InChI=1S/C11H16N4O2S/c1-7-3-13-9(4-12-7)5-14-11(17)10(6-18)15-8(2)16/h3-4,10,18H,5-6H2,1-2H3,(H,14,17)(H,15,16). The Hall–Kier alpha value is -1.63. The van der Waals surface area contributed by atoms with Gasteiger partial charge in [0.15, 0.2) is 0 Å². The third kappa shape index (κ3) is 4.70. The van der Waals surface area contributed by atoms with Crippen molar-refractivity contribution in [3.63, 3.8) is 0 Å². The molecule has 6 nitrogen and oxygen atoms in total. The zero-order valence-corrected chi connectivity index (χ0v) is 11.2. The van der Waals surface area contributed by atoms with E-state index >= 15 is 0 Å². The molecule has 2 N–H and O–H groups in total. The number of hydrogen-bond donors (Lipinski definition) is 3. The first kappa shape index (κ1) is 14.4. The van der Waals surface area contributed by atoms with E-state index in [2.05, 4.69) is 33.2 Å². The number of nitrogens with zero attached hydrogens (tertiary/aromatic N) is 2. The third-order valence-corrected chi connectivity index (χ3v) is 2.52. The molecule has 18 heavy (non-hydrogen) atoms. The summed E-state index contributed by atoms with van der Waals surface area (Å²) in [5, 5.41) is 5.18. The van der Waals surface area contributed by atoms with Crippen LogP contribution in [0.15, 0.2) is 12.4 Å². The smallest absolute Gasteiger partial charge is 0.243 e. The predicted molar refractivity (Wildman–Crippen MR) is 70.1 cm³/mol. The summed E-state index contributed by atoms with van der Waals surface area (Å²) in [6, 6.07) is -0.635. The van der Waals surface area contributed by atoms with E-state index in [1.807, 2.05) is 6.92 Å². The van der Waals surface area contributed by atoms with Crippen molar-refractivity contribution in [1.82, 2.24) is 20.6 Å². The van der Waals surface area contributed by atoms with Crippen LogP contribution in [0.2, 0.25) is 0 Å². The van der Waals surface area contributed by atoms with Gasteiger partial charge in [-0.3, -0.25) is 19.6 Å². The molecule has 7 heteroatoms. The van der Waals surface area contributed by atoms with E-state index in [1.54, 1.807) is 12.4 Å². The van der Waals surface area contributed by atoms with E-state index < -0.39 is 6.04 Å². The van der Waals surface area contributed by atoms with Crippen molar-refractivity contribution >= 4 is 24.4 Å². The zero-order valence-electron chi connectivity index (χ0n) is 10.3. The summed E-state index contributed by atoms with van der Waals surface area (Å²) in [5.74, 6) is -0.313. The van der Waals surface area contributed by atoms with Gasteiger partial charge >= 0.3 is 0 Å². The van der Waals surface area contributed by atoms with Crippen LogP contribution in [0.25, 0.3) is 0 Å². The highest BCUT2D eigenvalue weighted by Gasteiger charge is 2.17. The Balaban J connectivity index is 2.49. The van der Waals surface area contributed by atoms with Crippen molar-refractivity contribution < 1.29 is 9.59 Å². The highest BCUT2D eigenvalue weighted by atomic mass is 32.1. The number of hydrogen-bond acceptors (Lipinski definition) is 5. The Labute approximate surface area is 111 Å². The summed E-state index contributed by atoms with van der Waals surface area (Å²) >= 11 is 4.02. The lowest BCUT2D eigenvalue weighted by Gasteiger charge is -2.14. The van der Waals surface area contributed by atoms with Gasteiger partial charge in [-0.15, -0.1) is 0 Å². The second-order valence-electron chi connectivity index (χ2n) is 3.80. The molecule has 1 aromatic rings. The van der Waals surface area contributed by atoms with E-state index in [4.69, 9.17) is 0 Å². The van der Waals surface area contributed by atoms with Crippen LogP contribution in [-0.4, -0.2) is 33.6 Å². The molecule has 1 rings (SSSR count). The number of nitrogens with one attached hydrogen (secondary N) is 2. The fourth-order valence-electron chi connectivity index (χ4n) is 1.25. The van der Waals surface area contributed by atoms with Crippen LogP contribution in [0.1, 0.15) is 18.3 Å². The van der Waals surface area contributed by atoms with Crippen molar-refractivity contribution in [3.05, 3.63) is 23.8 Å². The summed E-state index contributed by atoms with van der Waals surface area (Å²) in [4.78, 5) is 30.8. The lowest BCUT2D eigenvalue weighted by atomic mass is 10.3. The van der Waals surface area contributed by atoms with Gasteiger partial charge in [0.1, 0.15) is 6.04 Å². The molecule has 2 amide bonds. The molecule has 1 aromatic heterocycles. The number of thiol groups is 1. The van der Waals surface area contributed by atoms with E-state index in [9.17, 15) is 9.59 Å².